The molecule has 3 aromatic rings. The molecule has 2 unspecified atom stereocenters. The molecule has 1 aliphatic heterocycles. The van der Waals surface area contributed by atoms with Crippen molar-refractivity contribution < 1.29 is 19.1 Å². The second kappa shape index (κ2) is 9.65. The highest BCUT2D eigenvalue weighted by atomic mass is 35.5. The van der Waals surface area contributed by atoms with Crippen LogP contribution >= 0.6 is 23.2 Å². The molecule has 3 aromatic carbocycles. The number of primary amides is 1. The zero-order chi connectivity index (χ0) is 23.5. The van der Waals surface area contributed by atoms with E-state index in [1.54, 1.807) is 65.6 Å². The van der Waals surface area contributed by atoms with Crippen molar-refractivity contribution in [2.24, 2.45) is 5.73 Å². The van der Waals surface area contributed by atoms with Gasteiger partial charge in [0.2, 0.25) is 0 Å². The van der Waals surface area contributed by atoms with E-state index in [1.807, 2.05) is 12.1 Å². The van der Waals surface area contributed by atoms with Gasteiger partial charge in [-0.05, 0) is 47.0 Å². The molecule has 33 heavy (non-hydrogen) atoms. The second-order valence-corrected chi connectivity index (χ2v) is 8.57. The Labute approximate surface area is 200 Å². The smallest absolute Gasteiger partial charge is 0.316 e. The molecule has 168 valence electrons. The average Bonchev–Trinajstić information content (AvgIpc) is 2.81. The van der Waals surface area contributed by atoms with Crippen LogP contribution in [-0.4, -0.2) is 29.3 Å². The Morgan fingerprint density at radius 3 is 2.15 bits per heavy atom. The van der Waals surface area contributed by atoms with Crippen molar-refractivity contribution in [2.45, 2.75) is 18.5 Å². The molecule has 0 aromatic heterocycles. The Kier molecular flexibility index (Phi) is 6.67. The van der Waals surface area contributed by atoms with Crippen LogP contribution in [-0.2, 0) is 20.9 Å². The van der Waals surface area contributed by atoms with E-state index in [1.165, 1.54) is 0 Å². The number of rotatable bonds is 6. The number of hydrogen-bond acceptors (Lipinski definition) is 4. The van der Waals surface area contributed by atoms with Gasteiger partial charge >= 0.3 is 5.97 Å². The summed E-state index contributed by atoms with van der Waals surface area (Å²) in [5.74, 6) is -2.49. The van der Waals surface area contributed by atoms with Gasteiger partial charge in [0.05, 0.1) is 6.04 Å². The van der Waals surface area contributed by atoms with Crippen LogP contribution in [0.3, 0.4) is 0 Å². The number of amides is 2. The Morgan fingerprint density at radius 1 is 0.909 bits per heavy atom. The van der Waals surface area contributed by atoms with E-state index in [9.17, 15) is 14.4 Å². The number of ether oxygens (including phenoxy) is 1. The van der Waals surface area contributed by atoms with Gasteiger partial charge < -0.3 is 15.4 Å². The predicted octanol–water partition coefficient (Wildman–Crippen LogP) is 4.50. The minimum Gasteiger partial charge on any atom is -0.455 e. The van der Waals surface area contributed by atoms with Gasteiger partial charge in [-0.2, -0.15) is 0 Å². The molecular formula is C25H20Cl2N2O4. The van der Waals surface area contributed by atoms with E-state index in [4.69, 9.17) is 33.7 Å². The normalized spacial score (nSPS) is 17.4. The molecule has 0 spiro atoms. The van der Waals surface area contributed by atoms with E-state index < -0.39 is 30.4 Å². The van der Waals surface area contributed by atoms with Gasteiger partial charge in [0, 0.05) is 22.2 Å². The monoisotopic (exact) mass is 482 g/mol. The van der Waals surface area contributed by atoms with Crippen LogP contribution in [0.4, 0.5) is 0 Å². The average molecular weight is 483 g/mol. The standard InChI is InChI=1S/C25H20Cl2N2O4/c26-17-9-5-15(6-10-17)13-29-23(16-7-11-18(27)12-8-16)22(25(32)33-14-21(28)30)19-3-1-2-4-20(19)24(29)31/h1-12,22-23H,13-14H2,(H2,28,30). The summed E-state index contributed by atoms with van der Waals surface area (Å²) in [6.45, 7) is -0.312. The SMILES string of the molecule is NC(=O)COC(=O)C1c2ccccc2C(=O)N(Cc2ccc(Cl)cc2)C1c1ccc(Cl)cc1. The lowest BCUT2D eigenvalue weighted by Crippen LogP contribution is -2.45. The van der Waals surface area contributed by atoms with Crippen LogP contribution in [0.2, 0.25) is 10.0 Å². The highest BCUT2D eigenvalue weighted by Crippen LogP contribution is 2.44. The number of halogens is 2. The fraction of sp³-hybridized carbons (Fsp3) is 0.160. The number of fused-ring (bicyclic) bond motifs is 1. The number of esters is 1. The predicted molar refractivity (Wildman–Crippen MR) is 125 cm³/mol. The fourth-order valence-electron chi connectivity index (χ4n) is 4.07. The molecule has 0 aliphatic carbocycles. The van der Waals surface area contributed by atoms with Crippen molar-refractivity contribution >= 4 is 41.0 Å². The Bertz CT molecular complexity index is 1200. The molecule has 2 N–H and O–H groups in total. The van der Waals surface area contributed by atoms with E-state index in [2.05, 4.69) is 0 Å². The number of carbonyl (C=O) groups is 3. The van der Waals surface area contributed by atoms with Gasteiger partial charge in [-0.3, -0.25) is 14.4 Å². The summed E-state index contributed by atoms with van der Waals surface area (Å²) in [6, 6.07) is 20.3. The molecule has 0 bridgehead atoms. The third-order valence-corrected chi connectivity index (χ3v) is 6.03. The third-order valence-electron chi connectivity index (χ3n) is 5.53. The van der Waals surface area contributed by atoms with Crippen molar-refractivity contribution in [1.82, 2.24) is 4.90 Å². The lowest BCUT2D eigenvalue weighted by molar-refractivity contribution is -0.151. The third kappa shape index (κ3) is 4.87. The molecule has 1 heterocycles. The first-order valence-corrected chi connectivity index (χ1v) is 11.0. The Hall–Kier alpha value is -3.35. The first-order chi connectivity index (χ1) is 15.8. The molecule has 2 amide bonds. The maximum atomic E-state index is 13.6. The van der Waals surface area contributed by atoms with Gasteiger partial charge in [0.25, 0.3) is 11.8 Å². The summed E-state index contributed by atoms with van der Waals surface area (Å²) in [7, 11) is 0. The first-order valence-electron chi connectivity index (χ1n) is 10.2. The molecule has 0 radical (unpaired) electrons. The number of carbonyl (C=O) groups excluding carboxylic acids is 3. The quantitative estimate of drug-likeness (QED) is 0.523. The molecule has 1 aliphatic rings. The molecule has 0 saturated heterocycles. The lowest BCUT2D eigenvalue weighted by Gasteiger charge is -2.41. The molecule has 8 heteroatoms. The molecular weight excluding hydrogens is 463 g/mol. The molecule has 4 rings (SSSR count). The molecule has 2 atom stereocenters. The Balaban J connectivity index is 1.85. The van der Waals surface area contributed by atoms with Gasteiger partial charge in [-0.1, -0.05) is 65.7 Å². The number of nitrogens with zero attached hydrogens (tertiary/aromatic N) is 1. The van der Waals surface area contributed by atoms with Crippen molar-refractivity contribution in [3.63, 3.8) is 0 Å². The molecule has 0 fully saturated rings. The summed E-state index contributed by atoms with van der Waals surface area (Å²) in [6.07, 6.45) is 0. The van der Waals surface area contributed by atoms with Crippen LogP contribution in [0.15, 0.2) is 72.8 Å². The van der Waals surface area contributed by atoms with Crippen molar-refractivity contribution in [2.75, 3.05) is 6.61 Å². The van der Waals surface area contributed by atoms with Crippen molar-refractivity contribution in [3.8, 4) is 0 Å². The van der Waals surface area contributed by atoms with E-state index in [-0.39, 0.29) is 12.5 Å². The zero-order valence-electron chi connectivity index (χ0n) is 17.4. The summed E-state index contributed by atoms with van der Waals surface area (Å²) in [4.78, 5) is 39.8. The van der Waals surface area contributed by atoms with Gasteiger partial charge in [0.15, 0.2) is 6.61 Å². The second-order valence-electron chi connectivity index (χ2n) is 7.69. The summed E-state index contributed by atoms with van der Waals surface area (Å²) >= 11 is 12.1. The van der Waals surface area contributed by atoms with E-state index >= 15 is 0 Å². The van der Waals surface area contributed by atoms with E-state index in [0.717, 1.165) is 5.56 Å². The van der Waals surface area contributed by atoms with Gasteiger partial charge in [-0.25, -0.2) is 0 Å². The van der Waals surface area contributed by atoms with Crippen LogP contribution in [0.5, 0.6) is 0 Å². The first kappa shape index (κ1) is 22.8. The molecule has 0 saturated carbocycles. The summed E-state index contributed by atoms with van der Waals surface area (Å²) in [5.41, 5.74) is 7.67. The van der Waals surface area contributed by atoms with Crippen LogP contribution in [0.1, 0.15) is 39.0 Å². The Morgan fingerprint density at radius 2 is 1.52 bits per heavy atom. The summed E-state index contributed by atoms with van der Waals surface area (Å²) in [5, 5.41) is 1.11. The zero-order valence-corrected chi connectivity index (χ0v) is 18.9. The highest BCUT2D eigenvalue weighted by molar-refractivity contribution is 6.30. The lowest BCUT2D eigenvalue weighted by atomic mass is 9.79. The minimum atomic E-state index is -0.869. The van der Waals surface area contributed by atoms with Crippen LogP contribution < -0.4 is 5.73 Å². The van der Waals surface area contributed by atoms with Crippen molar-refractivity contribution in [1.29, 1.82) is 0 Å². The highest BCUT2D eigenvalue weighted by Gasteiger charge is 2.45. The van der Waals surface area contributed by atoms with Gasteiger partial charge in [-0.15, -0.1) is 0 Å². The van der Waals surface area contributed by atoms with Gasteiger partial charge in [0.1, 0.15) is 5.92 Å². The van der Waals surface area contributed by atoms with E-state index in [0.29, 0.717) is 26.7 Å². The number of hydrogen-bond donors (Lipinski definition) is 1. The number of benzene rings is 3. The van der Waals surface area contributed by atoms with Crippen LogP contribution in [0, 0.1) is 0 Å². The number of nitrogens with two attached hydrogens (primary N) is 1. The van der Waals surface area contributed by atoms with Crippen LogP contribution in [0.25, 0.3) is 0 Å². The fourth-order valence-corrected chi connectivity index (χ4v) is 4.32. The maximum Gasteiger partial charge on any atom is 0.316 e. The topological polar surface area (TPSA) is 89.7 Å². The largest absolute Gasteiger partial charge is 0.455 e. The minimum absolute atomic E-state index is 0.223. The summed E-state index contributed by atoms with van der Waals surface area (Å²) < 4.78 is 5.23. The maximum absolute atomic E-state index is 13.6. The molecule has 6 nitrogen and oxygen atoms in total. The van der Waals surface area contributed by atoms with Crippen molar-refractivity contribution in [3.05, 3.63) is 105 Å².